The zero-order valence-corrected chi connectivity index (χ0v) is 10.6. The molecular formula is C15H22O2. The highest BCUT2D eigenvalue weighted by Crippen LogP contribution is 2.22. The zero-order chi connectivity index (χ0) is 12.1. The van der Waals surface area contributed by atoms with E-state index in [1.54, 1.807) is 0 Å². The molecule has 1 aromatic rings. The van der Waals surface area contributed by atoms with Crippen LogP contribution in [0.15, 0.2) is 24.3 Å². The molecule has 0 spiro atoms. The topological polar surface area (TPSA) is 29.5 Å². The monoisotopic (exact) mass is 234 g/mol. The second-order valence-corrected chi connectivity index (χ2v) is 5.02. The first-order valence-electron chi connectivity index (χ1n) is 6.62. The molecule has 0 bridgehead atoms. The van der Waals surface area contributed by atoms with Gasteiger partial charge in [0.1, 0.15) is 6.10 Å². The number of aliphatic hydroxyl groups excluding tert-OH is 1. The molecule has 0 radical (unpaired) electrons. The van der Waals surface area contributed by atoms with Crippen molar-refractivity contribution in [3.63, 3.8) is 0 Å². The highest BCUT2D eigenvalue weighted by Gasteiger charge is 2.16. The van der Waals surface area contributed by atoms with Gasteiger partial charge in [-0.25, -0.2) is 0 Å². The van der Waals surface area contributed by atoms with E-state index < -0.39 is 6.10 Å². The minimum absolute atomic E-state index is 0.364. The molecule has 0 saturated heterocycles. The van der Waals surface area contributed by atoms with Gasteiger partial charge >= 0.3 is 0 Å². The normalized spacial score (nSPS) is 19.2. The molecule has 0 aromatic heterocycles. The van der Waals surface area contributed by atoms with Gasteiger partial charge < -0.3 is 9.84 Å². The number of rotatable bonds is 4. The van der Waals surface area contributed by atoms with Crippen molar-refractivity contribution in [3.05, 3.63) is 35.4 Å². The first-order chi connectivity index (χ1) is 8.25. The van der Waals surface area contributed by atoms with Crippen LogP contribution in [0.5, 0.6) is 0 Å². The Kier molecular flexibility index (Phi) is 4.57. The van der Waals surface area contributed by atoms with Crippen molar-refractivity contribution in [2.75, 3.05) is 6.61 Å². The molecule has 0 heterocycles. The maximum Gasteiger partial charge on any atom is 0.102 e. The Morgan fingerprint density at radius 2 is 2.06 bits per heavy atom. The summed E-state index contributed by atoms with van der Waals surface area (Å²) in [7, 11) is 0. The van der Waals surface area contributed by atoms with E-state index in [9.17, 15) is 5.11 Å². The number of hydrogen-bond acceptors (Lipinski definition) is 2. The molecule has 1 aliphatic carbocycles. The quantitative estimate of drug-likeness (QED) is 0.865. The van der Waals surface area contributed by atoms with E-state index in [0.717, 1.165) is 18.4 Å². The first kappa shape index (κ1) is 12.6. The summed E-state index contributed by atoms with van der Waals surface area (Å²) in [6, 6.07) is 8.00. The lowest BCUT2D eigenvalue weighted by atomic mass is 9.98. The first-order valence-corrected chi connectivity index (χ1v) is 6.62. The fourth-order valence-corrected chi connectivity index (χ4v) is 2.43. The Hall–Kier alpha value is -0.860. The van der Waals surface area contributed by atoms with Crippen molar-refractivity contribution in [3.8, 4) is 0 Å². The van der Waals surface area contributed by atoms with Gasteiger partial charge in [-0.2, -0.15) is 0 Å². The summed E-state index contributed by atoms with van der Waals surface area (Å²) in [6.45, 7) is 2.46. The van der Waals surface area contributed by atoms with Crippen LogP contribution in [-0.2, 0) is 4.74 Å². The molecule has 0 amide bonds. The zero-order valence-electron chi connectivity index (χ0n) is 10.6. The fraction of sp³-hybridized carbons (Fsp3) is 0.600. The van der Waals surface area contributed by atoms with Gasteiger partial charge in [0.05, 0.1) is 12.7 Å². The predicted octanol–water partition coefficient (Wildman–Crippen LogP) is 3.38. The van der Waals surface area contributed by atoms with Crippen LogP contribution in [0.2, 0.25) is 0 Å². The Morgan fingerprint density at radius 1 is 1.29 bits per heavy atom. The molecule has 2 rings (SSSR count). The molecular weight excluding hydrogens is 212 g/mol. The molecule has 94 valence electrons. The molecule has 2 heteroatoms. The number of aryl methyl sites for hydroxylation is 1. The Labute approximate surface area is 104 Å². The highest BCUT2D eigenvalue weighted by molar-refractivity contribution is 5.23. The van der Waals surface area contributed by atoms with E-state index in [1.165, 1.54) is 24.8 Å². The van der Waals surface area contributed by atoms with Gasteiger partial charge in [-0.05, 0) is 25.3 Å². The van der Waals surface area contributed by atoms with E-state index in [-0.39, 0.29) is 0 Å². The van der Waals surface area contributed by atoms with Crippen molar-refractivity contribution < 1.29 is 9.84 Å². The molecule has 1 unspecified atom stereocenters. The lowest BCUT2D eigenvalue weighted by Crippen LogP contribution is -2.20. The van der Waals surface area contributed by atoms with Gasteiger partial charge in [0.15, 0.2) is 0 Å². The van der Waals surface area contributed by atoms with Gasteiger partial charge in [0, 0.05) is 0 Å². The number of aliphatic hydroxyl groups is 1. The maximum atomic E-state index is 10.1. The van der Waals surface area contributed by atoms with E-state index in [0.29, 0.717) is 12.7 Å². The van der Waals surface area contributed by atoms with Crippen LogP contribution < -0.4 is 0 Å². The smallest absolute Gasteiger partial charge is 0.102 e. The van der Waals surface area contributed by atoms with Crippen molar-refractivity contribution in [1.29, 1.82) is 0 Å². The van der Waals surface area contributed by atoms with E-state index in [4.69, 9.17) is 4.74 Å². The molecule has 1 saturated carbocycles. The minimum atomic E-state index is -0.489. The van der Waals surface area contributed by atoms with Crippen LogP contribution in [0, 0.1) is 6.92 Å². The van der Waals surface area contributed by atoms with Crippen LogP contribution >= 0.6 is 0 Å². The van der Waals surface area contributed by atoms with Crippen molar-refractivity contribution >= 4 is 0 Å². The summed E-state index contributed by atoms with van der Waals surface area (Å²) in [6.07, 6.45) is 6.05. The molecule has 1 aliphatic rings. The fourth-order valence-electron chi connectivity index (χ4n) is 2.43. The number of benzene rings is 1. The van der Waals surface area contributed by atoms with Crippen molar-refractivity contribution in [2.24, 2.45) is 0 Å². The third-order valence-corrected chi connectivity index (χ3v) is 3.47. The van der Waals surface area contributed by atoms with Crippen LogP contribution in [0.4, 0.5) is 0 Å². The summed E-state index contributed by atoms with van der Waals surface area (Å²) in [5.74, 6) is 0. The second-order valence-electron chi connectivity index (χ2n) is 5.02. The molecule has 1 N–H and O–H groups in total. The SMILES string of the molecule is Cc1cccc(C(O)COC2CCCCC2)c1. The van der Waals surface area contributed by atoms with Gasteiger partial charge in [-0.1, -0.05) is 49.1 Å². The van der Waals surface area contributed by atoms with E-state index in [1.807, 2.05) is 31.2 Å². The third kappa shape index (κ3) is 3.83. The van der Waals surface area contributed by atoms with Crippen molar-refractivity contribution in [2.45, 2.75) is 51.2 Å². The summed E-state index contributed by atoms with van der Waals surface area (Å²) < 4.78 is 5.79. The maximum absolute atomic E-state index is 10.1. The summed E-state index contributed by atoms with van der Waals surface area (Å²) >= 11 is 0. The van der Waals surface area contributed by atoms with Gasteiger partial charge in [0.2, 0.25) is 0 Å². The Morgan fingerprint density at radius 3 is 2.76 bits per heavy atom. The van der Waals surface area contributed by atoms with E-state index >= 15 is 0 Å². The average molecular weight is 234 g/mol. The molecule has 1 aromatic carbocycles. The van der Waals surface area contributed by atoms with Gasteiger partial charge in [0.25, 0.3) is 0 Å². The number of hydrogen-bond donors (Lipinski definition) is 1. The van der Waals surface area contributed by atoms with Crippen LogP contribution in [0.25, 0.3) is 0 Å². The summed E-state index contributed by atoms with van der Waals surface area (Å²) in [5.41, 5.74) is 2.14. The molecule has 17 heavy (non-hydrogen) atoms. The third-order valence-electron chi connectivity index (χ3n) is 3.47. The van der Waals surface area contributed by atoms with E-state index in [2.05, 4.69) is 0 Å². The summed E-state index contributed by atoms with van der Waals surface area (Å²) in [5, 5.41) is 10.1. The molecule has 1 atom stereocenters. The second kappa shape index (κ2) is 6.18. The van der Waals surface area contributed by atoms with Gasteiger partial charge in [-0.15, -0.1) is 0 Å². The highest BCUT2D eigenvalue weighted by atomic mass is 16.5. The van der Waals surface area contributed by atoms with Crippen molar-refractivity contribution in [1.82, 2.24) is 0 Å². The molecule has 0 aliphatic heterocycles. The lowest BCUT2D eigenvalue weighted by molar-refractivity contribution is -0.0245. The minimum Gasteiger partial charge on any atom is -0.386 e. The standard InChI is InChI=1S/C15H22O2/c1-12-6-5-7-13(10-12)15(16)11-17-14-8-3-2-4-9-14/h5-7,10,14-16H,2-4,8-9,11H2,1H3. The Balaban J connectivity index is 1.82. The number of ether oxygens (including phenoxy) is 1. The average Bonchev–Trinajstić information content (AvgIpc) is 2.37. The van der Waals surface area contributed by atoms with Crippen LogP contribution in [0.3, 0.4) is 0 Å². The predicted molar refractivity (Wildman–Crippen MR) is 69.0 cm³/mol. The lowest BCUT2D eigenvalue weighted by Gasteiger charge is -2.23. The largest absolute Gasteiger partial charge is 0.386 e. The Bertz CT molecular complexity index is 343. The van der Waals surface area contributed by atoms with Gasteiger partial charge in [-0.3, -0.25) is 0 Å². The van der Waals surface area contributed by atoms with Crippen LogP contribution in [-0.4, -0.2) is 17.8 Å². The molecule has 2 nitrogen and oxygen atoms in total. The summed E-state index contributed by atoms with van der Waals surface area (Å²) in [4.78, 5) is 0. The molecule has 1 fully saturated rings. The van der Waals surface area contributed by atoms with Crippen LogP contribution in [0.1, 0.15) is 49.3 Å².